The van der Waals surface area contributed by atoms with Crippen molar-refractivity contribution in [2.45, 2.75) is 20.4 Å². The van der Waals surface area contributed by atoms with Crippen LogP contribution in [0.1, 0.15) is 27.2 Å². The van der Waals surface area contributed by atoms with Gasteiger partial charge >= 0.3 is 7.37 Å². The number of H-pyrrole nitrogens is 1. The Morgan fingerprint density at radius 1 is 1.16 bits per heavy atom. The van der Waals surface area contributed by atoms with Crippen molar-refractivity contribution in [3.8, 4) is 5.75 Å². The number of amides is 1. The van der Waals surface area contributed by atoms with Gasteiger partial charge in [0.05, 0.1) is 10.6 Å². The van der Waals surface area contributed by atoms with Gasteiger partial charge in [0.25, 0.3) is 5.91 Å². The number of hydrogen-bond acceptors (Lipinski definition) is 4. The molecule has 0 fully saturated rings. The first-order valence-corrected chi connectivity index (χ1v) is 12.1. The molecule has 0 bridgehead atoms. The summed E-state index contributed by atoms with van der Waals surface area (Å²) >= 11 is 6.24. The first-order chi connectivity index (χ1) is 15.3. The highest BCUT2D eigenvalue weighted by molar-refractivity contribution is 7.77. The lowest BCUT2D eigenvalue weighted by Gasteiger charge is -2.33. The molecule has 1 aliphatic rings. The number of carbonyl (C=O) groups excluding carboxylic acids is 1. The lowest BCUT2D eigenvalue weighted by Crippen LogP contribution is -2.36. The number of nitrogens with two attached hydrogens (primary N) is 1. The van der Waals surface area contributed by atoms with E-state index in [4.69, 9.17) is 21.9 Å². The summed E-state index contributed by atoms with van der Waals surface area (Å²) in [4.78, 5) is 16.4. The third kappa shape index (κ3) is 3.19. The predicted octanol–water partition coefficient (Wildman–Crippen LogP) is 4.57. The standard InChI is InChI=1S/C24H21ClN3O3P/c1-13-9-14(2)22-20(10-13)32(30,31-22)23-17-11-16(25)7-8-19(17)28-21(23)24(29)27-12-15-5-3-4-6-18(15)26/h3-11,28H,12,26H2,1-2H3,(H,27,29). The molecule has 2 heterocycles. The lowest BCUT2D eigenvalue weighted by molar-refractivity contribution is 0.0948. The Balaban J connectivity index is 1.62. The average molecular weight is 466 g/mol. The van der Waals surface area contributed by atoms with E-state index >= 15 is 0 Å². The molecule has 0 saturated heterocycles. The highest BCUT2D eigenvalue weighted by atomic mass is 35.5. The summed E-state index contributed by atoms with van der Waals surface area (Å²) in [5.41, 5.74) is 10.1. The van der Waals surface area contributed by atoms with Gasteiger partial charge in [0.2, 0.25) is 0 Å². The fourth-order valence-electron chi connectivity index (χ4n) is 4.15. The number of nitrogen functional groups attached to an aromatic ring is 1. The number of aryl methyl sites for hydroxylation is 2. The Morgan fingerprint density at radius 2 is 1.94 bits per heavy atom. The molecule has 8 heteroatoms. The van der Waals surface area contributed by atoms with Crippen molar-refractivity contribution in [3.05, 3.63) is 82.0 Å². The van der Waals surface area contributed by atoms with Gasteiger partial charge in [0.15, 0.2) is 0 Å². The molecule has 5 rings (SSSR count). The largest absolute Gasteiger partial charge is 0.435 e. The number of halogens is 1. The molecule has 1 aromatic heterocycles. The van der Waals surface area contributed by atoms with Crippen LogP contribution in [0.2, 0.25) is 5.02 Å². The van der Waals surface area contributed by atoms with Gasteiger partial charge in [0.1, 0.15) is 11.4 Å². The molecule has 6 nitrogen and oxygen atoms in total. The molecule has 32 heavy (non-hydrogen) atoms. The SMILES string of the molecule is Cc1cc(C)c2c(c1)P(=O)(c1c(C(=O)NCc3ccccc3N)[nH]c3ccc(Cl)cc13)O2. The quantitative estimate of drug-likeness (QED) is 0.304. The van der Waals surface area contributed by atoms with Gasteiger partial charge in [-0.15, -0.1) is 0 Å². The number of nitrogens with one attached hydrogen (secondary N) is 2. The molecule has 1 aliphatic heterocycles. The fraction of sp³-hybridized carbons (Fsp3) is 0.125. The minimum atomic E-state index is -3.48. The maximum atomic E-state index is 14.2. The normalized spacial score (nSPS) is 16.8. The maximum Gasteiger partial charge on any atom is 0.313 e. The van der Waals surface area contributed by atoms with Crippen molar-refractivity contribution in [1.82, 2.24) is 10.3 Å². The van der Waals surface area contributed by atoms with Crippen molar-refractivity contribution in [1.29, 1.82) is 0 Å². The van der Waals surface area contributed by atoms with E-state index in [9.17, 15) is 9.36 Å². The second-order valence-corrected chi connectivity index (χ2v) is 10.6. The van der Waals surface area contributed by atoms with Crippen LogP contribution in [0.4, 0.5) is 5.69 Å². The van der Waals surface area contributed by atoms with E-state index in [1.807, 2.05) is 44.2 Å². The van der Waals surface area contributed by atoms with Crippen LogP contribution in [0.3, 0.4) is 0 Å². The van der Waals surface area contributed by atoms with Crippen molar-refractivity contribution >= 4 is 52.1 Å². The average Bonchev–Trinajstić information content (AvgIpc) is 3.13. The zero-order valence-electron chi connectivity index (χ0n) is 17.5. The highest BCUT2D eigenvalue weighted by Gasteiger charge is 2.47. The molecule has 0 spiro atoms. The van der Waals surface area contributed by atoms with Crippen LogP contribution in [-0.4, -0.2) is 10.9 Å². The van der Waals surface area contributed by atoms with E-state index in [-0.39, 0.29) is 12.2 Å². The molecule has 0 radical (unpaired) electrons. The summed E-state index contributed by atoms with van der Waals surface area (Å²) in [5.74, 6) is 0.214. The molecule has 0 saturated carbocycles. The molecule has 1 atom stereocenters. The molecule has 1 unspecified atom stereocenters. The zero-order valence-corrected chi connectivity index (χ0v) is 19.2. The predicted molar refractivity (Wildman–Crippen MR) is 129 cm³/mol. The second kappa shape index (κ2) is 7.44. The van der Waals surface area contributed by atoms with E-state index < -0.39 is 13.3 Å². The van der Waals surface area contributed by atoms with Crippen molar-refractivity contribution in [3.63, 3.8) is 0 Å². The number of hydrogen-bond donors (Lipinski definition) is 3. The van der Waals surface area contributed by atoms with E-state index in [0.29, 0.717) is 38.0 Å². The Kier molecular flexibility index (Phi) is 4.81. The second-order valence-electron chi connectivity index (χ2n) is 7.99. The van der Waals surface area contributed by atoms with E-state index in [2.05, 4.69) is 10.3 Å². The summed E-state index contributed by atoms with van der Waals surface area (Å²) in [7, 11) is -3.48. The van der Waals surface area contributed by atoms with E-state index in [1.165, 1.54) is 0 Å². The van der Waals surface area contributed by atoms with Crippen LogP contribution in [0.25, 0.3) is 10.9 Å². The van der Waals surface area contributed by atoms with Gasteiger partial charge in [-0.05, 0) is 60.9 Å². The van der Waals surface area contributed by atoms with Gasteiger partial charge in [-0.25, -0.2) is 0 Å². The summed E-state index contributed by atoms with van der Waals surface area (Å²) in [6.45, 7) is 4.10. The minimum absolute atomic E-state index is 0.199. The zero-order chi connectivity index (χ0) is 22.6. The topological polar surface area (TPSA) is 97.2 Å². The summed E-state index contributed by atoms with van der Waals surface area (Å²) in [5, 5.41) is 4.93. The smallest absolute Gasteiger partial charge is 0.313 e. The van der Waals surface area contributed by atoms with Crippen LogP contribution < -0.4 is 26.2 Å². The molecule has 3 aromatic carbocycles. The number of para-hydroxylation sites is 1. The molecule has 1 amide bonds. The molecule has 4 aromatic rings. The monoisotopic (exact) mass is 465 g/mol. The summed E-state index contributed by atoms with van der Waals surface area (Å²) < 4.78 is 20.1. The molecule has 4 N–H and O–H groups in total. The van der Waals surface area contributed by atoms with Gasteiger partial charge in [-0.1, -0.05) is 35.9 Å². The molecular formula is C24H21ClN3O3P. The van der Waals surface area contributed by atoms with Gasteiger partial charge in [-0.2, -0.15) is 0 Å². The van der Waals surface area contributed by atoms with Gasteiger partial charge in [0, 0.05) is 28.2 Å². The first-order valence-electron chi connectivity index (χ1n) is 10.1. The number of fused-ring (bicyclic) bond motifs is 2. The summed E-state index contributed by atoms with van der Waals surface area (Å²) in [6, 6.07) is 16.3. The van der Waals surface area contributed by atoms with Crippen LogP contribution in [0.5, 0.6) is 5.75 Å². The number of anilines is 1. The van der Waals surface area contributed by atoms with Crippen molar-refractivity contribution in [2.75, 3.05) is 5.73 Å². The highest BCUT2D eigenvalue weighted by Crippen LogP contribution is 2.58. The van der Waals surface area contributed by atoms with Crippen LogP contribution >= 0.6 is 19.0 Å². The fourth-order valence-corrected chi connectivity index (χ4v) is 6.94. The number of benzene rings is 3. The van der Waals surface area contributed by atoms with Crippen LogP contribution in [-0.2, 0) is 11.1 Å². The van der Waals surface area contributed by atoms with E-state index in [1.54, 1.807) is 24.3 Å². The maximum absolute atomic E-state index is 14.2. The lowest BCUT2D eigenvalue weighted by atomic mass is 10.1. The number of rotatable bonds is 4. The molecule has 162 valence electrons. The Hall–Kier alpha value is -3.21. The van der Waals surface area contributed by atoms with Crippen LogP contribution in [0.15, 0.2) is 54.6 Å². The van der Waals surface area contributed by atoms with Crippen molar-refractivity contribution < 1.29 is 13.9 Å². The van der Waals surface area contributed by atoms with E-state index in [0.717, 1.165) is 16.7 Å². The molecular weight excluding hydrogens is 445 g/mol. The Labute approximate surface area is 190 Å². The third-order valence-electron chi connectivity index (χ3n) is 5.69. The van der Waals surface area contributed by atoms with Crippen molar-refractivity contribution in [2.24, 2.45) is 0 Å². The number of aromatic amines is 1. The van der Waals surface area contributed by atoms with Crippen LogP contribution in [0, 0.1) is 13.8 Å². The number of carbonyl (C=O) groups is 1. The first kappa shape index (κ1) is 20.7. The Morgan fingerprint density at radius 3 is 2.72 bits per heavy atom. The molecule has 0 aliphatic carbocycles. The number of aromatic nitrogens is 1. The van der Waals surface area contributed by atoms with Gasteiger partial charge < -0.3 is 20.6 Å². The minimum Gasteiger partial charge on any atom is -0.435 e. The summed E-state index contributed by atoms with van der Waals surface area (Å²) in [6.07, 6.45) is 0. The van der Waals surface area contributed by atoms with Gasteiger partial charge in [-0.3, -0.25) is 9.36 Å². The third-order valence-corrected chi connectivity index (χ3v) is 8.38. The Bertz CT molecular complexity index is 1460.